The summed E-state index contributed by atoms with van der Waals surface area (Å²) >= 11 is 0. The van der Waals surface area contributed by atoms with Crippen LogP contribution in [0.3, 0.4) is 0 Å². The number of benzene rings is 1. The molecule has 0 radical (unpaired) electrons. The van der Waals surface area contributed by atoms with Crippen LogP contribution in [0.1, 0.15) is 27.8 Å². The molecule has 23 heavy (non-hydrogen) atoms. The topological polar surface area (TPSA) is 97.5 Å². The Bertz CT molecular complexity index is 840. The number of rotatable bonds is 3. The van der Waals surface area contributed by atoms with Gasteiger partial charge < -0.3 is 16.7 Å². The summed E-state index contributed by atoms with van der Waals surface area (Å²) in [5, 5.41) is 11.6. The first-order valence-corrected chi connectivity index (χ1v) is 6.74. The molecule has 0 bridgehead atoms. The van der Waals surface area contributed by atoms with E-state index in [1.54, 1.807) is 42.6 Å². The Morgan fingerprint density at radius 3 is 2.43 bits per heavy atom. The van der Waals surface area contributed by atoms with Crippen LogP contribution in [0.5, 0.6) is 0 Å². The lowest BCUT2D eigenvalue weighted by Crippen LogP contribution is -2.12. The maximum absolute atomic E-state index is 8.64. The number of pyridine rings is 1. The van der Waals surface area contributed by atoms with Crippen LogP contribution in [-0.2, 0) is 0 Å². The Hall–Kier alpha value is -3.52. The number of nitrogens with two attached hydrogens (primary N) is 2. The van der Waals surface area contributed by atoms with Crippen molar-refractivity contribution in [3.8, 4) is 11.8 Å². The summed E-state index contributed by atoms with van der Waals surface area (Å²) in [7, 11) is 0. The van der Waals surface area contributed by atoms with Crippen molar-refractivity contribution in [2.24, 2.45) is 10.9 Å². The fourth-order valence-electron chi connectivity index (χ4n) is 1.99. The molecule has 0 aliphatic carbocycles. The molecule has 0 saturated carbocycles. The highest BCUT2D eigenvalue weighted by atomic mass is 16.4. The molecule has 2 aromatic rings. The van der Waals surface area contributed by atoms with Crippen molar-refractivity contribution in [2.45, 2.75) is 0 Å². The van der Waals surface area contributed by atoms with Gasteiger partial charge in [-0.1, -0.05) is 42.3 Å². The third-order valence-electron chi connectivity index (χ3n) is 3.22. The molecule has 114 valence electrons. The van der Waals surface area contributed by atoms with E-state index in [9.17, 15) is 0 Å². The van der Waals surface area contributed by atoms with Gasteiger partial charge in [0.25, 0.3) is 0 Å². The third kappa shape index (κ3) is 3.39. The number of aromatic nitrogens is 1. The van der Waals surface area contributed by atoms with Gasteiger partial charge in [0.2, 0.25) is 0 Å². The molecular formula is C18H16N4O. The third-order valence-corrected chi connectivity index (χ3v) is 3.22. The van der Waals surface area contributed by atoms with Gasteiger partial charge in [-0.2, -0.15) is 0 Å². The van der Waals surface area contributed by atoms with E-state index in [4.69, 9.17) is 16.7 Å². The molecular weight excluding hydrogens is 288 g/mol. The van der Waals surface area contributed by atoms with Crippen LogP contribution in [0, 0.1) is 11.8 Å². The predicted octanol–water partition coefficient (Wildman–Crippen LogP) is 2.44. The van der Waals surface area contributed by atoms with Crippen molar-refractivity contribution in [1.82, 2.24) is 4.98 Å². The second kappa shape index (κ2) is 6.96. The largest absolute Gasteiger partial charge is 0.409 e. The van der Waals surface area contributed by atoms with Crippen LogP contribution in [0.4, 0.5) is 5.82 Å². The van der Waals surface area contributed by atoms with Gasteiger partial charge in [-0.05, 0) is 24.3 Å². The summed E-state index contributed by atoms with van der Waals surface area (Å²) in [6.07, 6.45) is 5.00. The highest BCUT2D eigenvalue weighted by Crippen LogP contribution is 2.20. The molecule has 1 heterocycles. The van der Waals surface area contributed by atoms with Gasteiger partial charge in [-0.25, -0.2) is 4.98 Å². The van der Waals surface area contributed by atoms with E-state index in [-0.39, 0.29) is 5.84 Å². The molecule has 0 saturated heterocycles. The Kier molecular flexibility index (Phi) is 4.80. The van der Waals surface area contributed by atoms with Crippen molar-refractivity contribution < 1.29 is 5.21 Å². The van der Waals surface area contributed by atoms with Crippen molar-refractivity contribution in [1.29, 1.82) is 0 Å². The molecule has 5 nitrogen and oxygen atoms in total. The molecule has 1 aromatic carbocycles. The molecule has 0 atom stereocenters. The van der Waals surface area contributed by atoms with E-state index in [1.807, 2.05) is 0 Å². The summed E-state index contributed by atoms with van der Waals surface area (Å²) in [5.41, 5.74) is 15.0. The molecule has 0 fully saturated rings. The van der Waals surface area contributed by atoms with Crippen LogP contribution >= 0.6 is 0 Å². The number of amidine groups is 1. The standard InChI is InChI=1S/C18H16N4O/c1-3-13-11-21-18(20)16(15(13)4-2)10-7-12-5-8-14(9-6-12)17(19)22-23/h3-6,8-9,11,23H,1-2H2,(H2,19,22)(H2,20,21). The van der Waals surface area contributed by atoms with Crippen LogP contribution in [0.15, 0.2) is 48.8 Å². The molecule has 2 rings (SSSR count). The lowest BCUT2D eigenvalue weighted by molar-refractivity contribution is 0.318. The second-order valence-electron chi connectivity index (χ2n) is 4.61. The lowest BCUT2D eigenvalue weighted by Gasteiger charge is -2.06. The van der Waals surface area contributed by atoms with Crippen molar-refractivity contribution >= 4 is 23.8 Å². The number of nitrogens with zero attached hydrogens (tertiary/aromatic N) is 2. The number of hydrogen-bond donors (Lipinski definition) is 3. The van der Waals surface area contributed by atoms with Gasteiger partial charge >= 0.3 is 0 Å². The Labute approximate surface area is 134 Å². The first-order valence-electron chi connectivity index (χ1n) is 6.74. The summed E-state index contributed by atoms with van der Waals surface area (Å²) in [6.45, 7) is 7.53. The smallest absolute Gasteiger partial charge is 0.170 e. The monoisotopic (exact) mass is 304 g/mol. The fourth-order valence-corrected chi connectivity index (χ4v) is 1.99. The molecule has 5 N–H and O–H groups in total. The van der Waals surface area contributed by atoms with E-state index in [2.05, 4.69) is 35.1 Å². The molecule has 5 heteroatoms. The number of anilines is 1. The first kappa shape index (κ1) is 15.9. The van der Waals surface area contributed by atoms with Gasteiger partial charge in [-0.3, -0.25) is 0 Å². The predicted molar refractivity (Wildman–Crippen MR) is 93.8 cm³/mol. The SMILES string of the molecule is C=Cc1cnc(N)c(C#Cc2ccc(/C(N)=N\O)cc2)c1C=C. The molecule has 0 spiro atoms. The zero-order valence-corrected chi connectivity index (χ0v) is 12.5. The van der Waals surface area contributed by atoms with Gasteiger partial charge in [0.1, 0.15) is 5.82 Å². The number of nitrogen functional groups attached to an aromatic ring is 1. The zero-order chi connectivity index (χ0) is 16.8. The van der Waals surface area contributed by atoms with E-state index in [0.29, 0.717) is 16.9 Å². The van der Waals surface area contributed by atoms with E-state index in [1.165, 1.54) is 0 Å². The molecule has 0 aliphatic heterocycles. The van der Waals surface area contributed by atoms with Crippen molar-refractivity contribution in [2.75, 3.05) is 5.73 Å². The maximum Gasteiger partial charge on any atom is 0.170 e. The Morgan fingerprint density at radius 1 is 1.17 bits per heavy atom. The van der Waals surface area contributed by atoms with E-state index >= 15 is 0 Å². The maximum atomic E-state index is 8.64. The molecule has 0 unspecified atom stereocenters. The number of hydrogen-bond acceptors (Lipinski definition) is 4. The van der Waals surface area contributed by atoms with Gasteiger partial charge in [0.15, 0.2) is 5.84 Å². The summed E-state index contributed by atoms with van der Waals surface area (Å²) in [5.74, 6) is 6.42. The lowest BCUT2D eigenvalue weighted by atomic mass is 10.0. The summed E-state index contributed by atoms with van der Waals surface area (Å²) < 4.78 is 0. The van der Waals surface area contributed by atoms with E-state index < -0.39 is 0 Å². The second-order valence-corrected chi connectivity index (χ2v) is 4.61. The minimum atomic E-state index is 0.0468. The van der Waals surface area contributed by atoms with Crippen LogP contribution in [-0.4, -0.2) is 16.0 Å². The molecule has 0 aliphatic rings. The quantitative estimate of drug-likeness (QED) is 0.267. The average Bonchev–Trinajstić information content (AvgIpc) is 2.60. The fraction of sp³-hybridized carbons (Fsp3) is 0. The normalized spacial score (nSPS) is 10.5. The Balaban J connectivity index is 2.43. The van der Waals surface area contributed by atoms with Crippen molar-refractivity contribution in [3.05, 3.63) is 71.4 Å². The van der Waals surface area contributed by atoms with Gasteiger partial charge in [-0.15, -0.1) is 0 Å². The molecule has 0 amide bonds. The van der Waals surface area contributed by atoms with Crippen molar-refractivity contribution in [3.63, 3.8) is 0 Å². The highest BCUT2D eigenvalue weighted by molar-refractivity contribution is 5.97. The van der Waals surface area contributed by atoms with Gasteiger partial charge in [0, 0.05) is 28.5 Å². The minimum absolute atomic E-state index is 0.0468. The highest BCUT2D eigenvalue weighted by Gasteiger charge is 2.06. The van der Waals surface area contributed by atoms with Crippen LogP contribution < -0.4 is 11.5 Å². The summed E-state index contributed by atoms with van der Waals surface area (Å²) in [4.78, 5) is 4.12. The minimum Gasteiger partial charge on any atom is -0.409 e. The zero-order valence-electron chi connectivity index (χ0n) is 12.5. The Morgan fingerprint density at radius 2 is 1.87 bits per heavy atom. The van der Waals surface area contributed by atoms with E-state index in [0.717, 1.165) is 16.7 Å². The number of oxime groups is 1. The van der Waals surface area contributed by atoms with Gasteiger partial charge in [0.05, 0.1) is 5.56 Å². The molecule has 1 aromatic heterocycles. The first-order chi connectivity index (χ1) is 11.1. The van der Waals surface area contributed by atoms with Crippen LogP contribution in [0.25, 0.3) is 12.2 Å². The van der Waals surface area contributed by atoms with Crippen LogP contribution in [0.2, 0.25) is 0 Å². The summed E-state index contributed by atoms with van der Waals surface area (Å²) in [6, 6.07) is 6.98. The average molecular weight is 304 g/mol.